The van der Waals surface area contributed by atoms with Gasteiger partial charge in [0, 0.05) is 24.6 Å². The van der Waals surface area contributed by atoms with Crippen molar-refractivity contribution in [2.45, 2.75) is 33.7 Å². The van der Waals surface area contributed by atoms with Gasteiger partial charge in [0.15, 0.2) is 0 Å². The van der Waals surface area contributed by atoms with Gasteiger partial charge in [-0.05, 0) is 18.1 Å². The largest absolute Gasteiger partial charge is 0.389 e. The fraction of sp³-hybridized carbons (Fsp3) is 0.467. The molecule has 0 aliphatic rings. The van der Waals surface area contributed by atoms with Gasteiger partial charge in [-0.15, -0.1) is 0 Å². The molecule has 0 radical (unpaired) electrons. The minimum Gasteiger partial charge on any atom is -0.389 e. The summed E-state index contributed by atoms with van der Waals surface area (Å²) < 4.78 is 0. The molecule has 0 bridgehead atoms. The molecule has 1 aromatic carbocycles. The second-order valence-electron chi connectivity index (χ2n) is 5.46. The summed E-state index contributed by atoms with van der Waals surface area (Å²) in [5.74, 6) is 0.149. The van der Waals surface area contributed by atoms with Crippen molar-refractivity contribution in [1.82, 2.24) is 4.90 Å². The summed E-state index contributed by atoms with van der Waals surface area (Å²) in [6, 6.07) is 7.70. The van der Waals surface area contributed by atoms with Crippen LogP contribution in [-0.4, -0.2) is 22.8 Å². The lowest BCUT2D eigenvalue weighted by atomic mass is 9.88. The molecular formula is C15H22N2OS. The second-order valence-corrected chi connectivity index (χ2v) is 5.90. The van der Waals surface area contributed by atoms with E-state index < -0.39 is 0 Å². The molecule has 104 valence electrons. The van der Waals surface area contributed by atoms with Crippen LogP contribution >= 0.6 is 12.2 Å². The van der Waals surface area contributed by atoms with Crippen LogP contribution in [0.1, 0.15) is 38.3 Å². The molecule has 0 saturated carbocycles. The van der Waals surface area contributed by atoms with Gasteiger partial charge in [-0.25, -0.2) is 0 Å². The summed E-state index contributed by atoms with van der Waals surface area (Å²) in [4.78, 5) is 14.4. The SMILES string of the molecule is CCC(C)(C)C(=O)N(C)Cc1cccc(C(N)=S)c1. The Morgan fingerprint density at radius 2 is 2.05 bits per heavy atom. The highest BCUT2D eigenvalue weighted by molar-refractivity contribution is 7.80. The van der Waals surface area contributed by atoms with Gasteiger partial charge < -0.3 is 10.6 Å². The molecule has 0 saturated heterocycles. The van der Waals surface area contributed by atoms with E-state index in [1.54, 1.807) is 4.90 Å². The Morgan fingerprint density at radius 3 is 2.58 bits per heavy atom. The molecule has 19 heavy (non-hydrogen) atoms. The molecule has 4 heteroatoms. The van der Waals surface area contributed by atoms with Crippen molar-refractivity contribution in [2.75, 3.05) is 7.05 Å². The highest BCUT2D eigenvalue weighted by Crippen LogP contribution is 2.23. The van der Waals surface area contributed by atoms with Crippen molar-refractivity contribution in [1.29, 1.82) is 0 Å². The Bertz CT molecular complexity index is 483. The first-order chi connectivity index (χ1) is 8.77. The molecule has 0 fully saturated rings. The van der Waals surface area contributed by atoms with Gasteiger partial charge in [0.1, 0.15) is 4.99 Å². The Labute approximate surface area is 120 Å². The van der Waals surface area contributed by atoms with Crippen LogP contribution in [0.3, 0.4) is 0 Å². The summed E-state index contributed by atoms with van der Waals surface area (Å²) in [6.45, 7) is 6.53. The van der Waals surface area contributed by atoms with Gasteiger partial charge >= 0.3 is 0 Å². The Hall–Kier alpha value is -1.42. The maximum atomic E-state index is 12.3. The highest BCUT2D eigenvalue weighted by atomic mass is 32.1. The molecule has 0 aromatic heterocycles. The fourth-order valence-corrected chi connectivity index (χ4v) is 1.96. The van der Waals surface area contributed by atoms with Crippen LogP contribution in [0.4, 0.5) is 0 Å². The van der Waals surface area contributed by atoms with E-state index >= 15 is 0 Å². The molecule has 0 aliphatic carbocycles. The van der Waals surface area contributed by atoms with Crippen molar-refractivity contribution in [3.8, 4) is 0 Å². The van der Waals surface area contributed by atoms with Crippen LogP contribution in [0.25, 0.3) is 0 Å². The number of hydrogen-bond donors (Lipinski definition) is 1. The van der Waals surface area contributed by atoms with Crippen molar-refractivity contribution in [3.05, 3.63) is 35.4 Å². The van der Waals surface area contributed by atoms with Crippen LogP contribution in [0.5, 0.6) is 0 Å². The zero-order chi connectivity index (χ0) is 14.6. The number of nitrogens with two attached hydrogens (primary N) is 1. The molecule has 0 aliphatic heterocycles. The van der Waals surface area contributed by atoms with E-state index in [0.29, 0.717) is 11.5 Å². The molecule has 2 N–H and O–H groups in total. The number of benzene rings is 1. The van der Waals surface area contributed by atoms with Gasteiger partial charge in [0.25, 0.3) is 0 Å². The number of amides is 1. The quantitative estimate of drug-likeness (QED) is 0.842. The lowest BCUT2D eigenvalue weighted by Gasteiger charge is -2.28. The topological polar surface area (TPSA) is 46.3 Å². The Balaban J connectivity index is 2.82. The standard InChI is InChI=1S/C15H22N2OS/c1-5-15(2,3)14(18)17(4)10-11-7-6-8-12(9-11)13(16)19/h6-9H,5,10H2,1-4H3,(H2,16,19). The third kappa shape index (κ3) is 4.03. The normalized spacial score (nSPS) is 11.2. The van der Waals surface area contributed by atoms with E-state index in [1.165, 1.54) is 0 Å². The monoisotopic (exact) mass is 278 g/mol. The molecule has 1 amide bonds. The average Bonchev–Trinajstić information content (AvgIpc) is 2.38. The molecule has 3 nitrogen and oxygen atoms in total. The van der Waals surface area contributed by atoms with Crippen LogP contribution in [0.2, 0.25) is 0 Å². The number of thiocarbonyl (C=S) groups is 1. The summed E-state index contributed by atoms with van der Waals surface area (Å²) in [5.41, 5.74) is 7.16. The van der Waals surface area contributed by atoms with E-state index in [0.717, 1.165) is 17.5 Å². The van der Waals surface area contributed by atoms with E-state index in [2.05, 4.69) is 0 Å². The van der Waals surface area contributed by atoms with Crippen molar-refractivity contribution >= 4 is 23.1 Å². The number of rotatable bonds is 5. The third-order valence-electron chi connectivity index (χ3n) is 3.44. The van der Waals surface area contributed by atoms with Crippen LogP contribution in [-0.2, 0) is 11.3 Å². The van der Waals surface area contributed by atoms with Crippen molar-refractivity contribution in [2.24, 2.45) is 11.1 Å². The van der Waals surface area contributed by atoms with E-state index in [-0.39, 0.29) is 11.3 Å². The van der Waals surface area contributed by atoms with Crippen LogP contribution < -0.4 is 5.73 Å². The van der Waals surface area contributed by atoms with Gasteiger partial charge in [0.2, 0.25) is 5.91 Å². The molecule has 0 atom stereocenters. The zero-order valence-electron chi connectivity index (χ0n) is 12.1. The Morgan fingerprint density at radius 1 is 1.42 bits per heavy atom. The molecule has 0 unspecified atom stereocenters. The zero-order valence-corrected chi connectivity index (χ0v) is 12.9. The van der Waals surface area contributed by atoms with Gasteiger partial charge in [-0.1, -0.05) is 51.2 Å². The predicted octanol–water partition coefficient (Wildman–Crippen LogP) is 2.72. The first-order valence-corrected chi connectivity index (χ1v) is 6.83. The smallest absolute Gasteiger partial charge is 0.228 e. The highest BCUT2D eigenvalue weighted by Gasteiger charge is 2.28. The van der Waals surface area contributed by atoms with Crippen LogP contribution in [0.15, 0.2) is 24.3 Å². The van der Waals surface area contributed by atoms with Gasteiger partial charge in [-0.2, -0.15) is 0 Å². The Kier molecular flexibility index (Phi) is 5.06. The van der Waals surface area contributed by atoms with Gasteiger partial charge in [0.05, 0.1) is 0 Å². The predicted molar refractivity (Wildman–Crippen MR) is 82.9 cm³/mol. The molecule has 1 rings (SSSR count). The summed E-state index contributed by atoms with van der Waals surface area (Å²) in [7, 11) is 1.83. The average molecular weight is 278 g/mol. The minimum absolute atomic E-state index is 0.149. The summed E-state index contributed by atoms with van der Waals surface area (Å²) in [6.07, 6.45) is 0.823. The first kappa shape index (κ1) is 15.6. The molecule has 0 heterocycles. The fourth-order valence-electron chi connectivity index (χ4n) is 1.84. The maximum Gasteiger partial charge on any atom is 0.228 e. The van der Waals surface area contributed by atoms with E-state index in [1.807, 2.05) is 52.1 Å². The second kappa shape index (κ2) is 6.15. The lowest BCUT2D eigenvalue weighted by molar-refractivity contribution is -0.139. The first-order valence-electron chi connectivity index (χ1n) is 6.42. The summed E-state index contributed by atoms with van der Waals surface area (Å²) >= 11 is 4.96. The lowest BCUT2D eigenvalue weighted by Crippen LogP contribution is -2.37. The maximum absolute atomic E-state index is 12.3. The number of hydrogen-bond acceptors (Lipinski definition) is 2. The third-order valence-corrected chi connectivity index (χ3v) is 3.68. The van der Waals surface area contributed by atoms with Crippen LogP contribution in [0, 0.1) is 5.41 Å². The van der Waals surface area contributed by atoms with Crippen molar-refractivity contribution in [3.63, 3.8) is 0 Å². The van der Waals surface area contributed by atoms with Crippen molar-refractivity contribution < 1.29 is 4.79 Å². The molecule has 1 aromatic rings. The van der Waals surface area contributed by atoms with E-state index in [9.17, 15) is 4.79 Å². The molecule has 0 spiro atoms. The summed E-state index contributed by atoms with van der Waals surface area (Å²) in [5, 5.41) is 0. The number of carbonyl (C=O) groups is 1. The number of carbonyl (C=O) groups excluding carboxylic acids is 1. The number of nitrogens with zero attached hydrogens (tertiary/aromatic N) is 1. The minimum atomic E-state index is -0.324. The molecular weight excluding hydrogens is 256 g/mol. The van der Waals surface area contributed by atoms with E-state index in [4.69, 9.17) is 18.0 Å². The van der Waals surface area contributed by atoms with Gasteiger partial charge in [-0.3, -0.25) is 4.79 Å².